The van der Waals surface area contributed by atoms with Crippen molar-refractivity contribution in [1.82, 2.24) is 4.90 Å². The maximum absolute atomic E-state index is 13.8. The third kappa shape index (κ3) is 3.27. The third-order valence-electron chi connectivity index (χ3n) is 3.28. The molecule has 1 aromatic rings. The maximum atomic E-state index is 13.8. The van der Waals surface area contributed by atoms with E-state index in [0.717, 1.165) is 18.5 Å². The molecule has 1 aliphatic rings. The second-order valence-corrected chi connectivity index (χ2v) is 5.31. The minimum Gasteiger partial charge on any atom is -0.389 e. The Labute approximate surface area is 113 Å². The first kappa shape index (κ1) is 13.4. The number of nitrogens with two attached hydrogens (primary N) is 1. The van der Waals surface area contributed by atoms with E-state index in [1.807, 2.05) is 0 Å². The average molecular weight is 266 g/mol. The van der Waals surface area contributed by atoms with Gasteiger partial charge in [-0.25, -0.2) is 4.39 Å². The van der Waals surface area contributed by atoms with E-state index in [4.69, 9.17) is 18.0 Å². The summed E-state index contributed by atoms with van der Waals surface area (Å²) in [6, 6.07) is 5.52. The van der Waals surface area contributed by atoms with Gasteiger partial charge in [-0.1, -0.05) is 19.1 Å². The molecule has 0 aliphatic heterocycles. The molecule has 0 saturated heterocycles. The minimum atomic E-state index is -0.170. The van der Waals surface area contributed by atoms with E-state index in [9.17, 15) is 4.39 Å². The minimum absolute atomic E-state index is 0.170. The summed E-state index contributed by atoms with van der Waals surface area (Å²) in [5.41, 5.74) is 7.03. The largest absolute Gasteiger partial charge is 0.389 e. The Hall–Kier alpha value is -1.00. The van der Waals surface area contributed by atoms with Gasteiger partial charge < -0.3 is 5.73 Å². The van der Waals surface area contributed by atoms with Crippen LogP contribution in [0.15, 0.2) is 18.2 Å². The highest BCUT2D eigenvalue weighted by Gasteiger charge is 2.28. The van der Waals surface area contributed by atoms with Crippen molar-refractivity contribution in [2.24, 2.45) is 5.73 Å². The summed E-state index contributed by atoms with van der Waals surface area (Å²) in [5.74, 6) is -0.170. The molecule has 0 spiro atoms. The van der Waals surface area contributed by atoms with Crippen LogP contribution in [-0.2, 0) is 6.54 Å². The second-order valence-electron chi connectivity index (χ2n) is 4.87. The number of rotatable bonds is 6. The highest BCUT2D eigenvalue weighted by molar-refractivity contribution is 7.80. The fourth-order valence-corrected chi connectivity index (χ4v) is 2.31. The van der Waals surface area contributed by atoms with Gasteiger partial charge in [0.1, 0.15) is 10.8 Å². The van der Waals surface area contributed by atoms with Crippen molar-refractivity contribution in [1.29, 1.82) is 0 Å². The number of halogens is 1. The normalized spacial score (nSPS) is 15.1. The van der Waals surface area contributed by atoms with Crippen molar-refractivity contribution >= 4 is 17.2 Å². The zero-order valence-electron chi connectivity index (χ0n) is 10.7. The summed E-state index contributed by atoms with van der Waals surface area (Å²) in [6.45, 7) is 3.82. The van der Waals surface area contributed by atoms with Crippen LogP contribution in [0.2, 0.25) is 0 Å². The van der Waals surface area contributed by atoms with Crippen LogP contribution < -0.4 is 5.73 Å². The van der Waals surface area contributed by atoms with Gasteiger partial charge in [0, 0.05) is 23.7 Å². The number of nitrogens with zero attached hydrogens (tertiary/aromatic N) is 1. The molecule has 0 heterocycles. The van der Waals surface area contributed by atoms with E-state index in [0.29, 0.717) is 23.1 Å². The maximum Gasteiger partial charge on any atom is 0.127 e. The molecular formula is C14H19FN2S. The molecule has 4 heteroatoms. The first-order chi connectivity index (χ1) is 8.61. The van der Waals surface area contributed by atoms with Gasteiger partial charge in [0.05, 0.1) is 0 Å². The summed E-state index contributed by atoms with van der Waals surface area (Å²) >= 11 is 4.94. The van der Waals surface area contributed by atoms with Crippen LogP contribution in [0, 0.1) is 5.82 Å². The van der Waals surface area contributed by atoms with Crippen molar-refractivity contribution in [3.63, 3.8) is 0 Å². The Morgan fingerprint density at radius 1 is 1.50 bits per heavy atom. The highest BCUT2D eigenvalue weighted by Crippen LogP contribution is 2.29. The van der Waals surface area contributed by atoms with Crippen LogP contribution in [0.25, 0.3) is 0 Å². The van der Waals surface area contributed by atoms with E-state index in [1.54, 1.807) is 12.1 Å². The van der Waals surface area contributed by atoms with Crippen LogP contribution in [0.1, 0.15) is 37.3 Å². The molecule has 2 nitrogen and oxygen atoms in total. The lowest BCUT2D eigenvalue weighted by atomic mass is 10.1. The van der Waals surface area contributed by atoms with E-state index in [1.165, 1.54) is 18.9 Å². The molecule has 0 atom stereocenters. The molecule has 18 heavy (non-hydrogen) atoms. The van der Waals surface area contributed by atoms with Gasteiger partial charge in [-0.15, -0.1) is 0 Å². The van der Waals surface area contributed by atoms with Crippen LogP contribution in [0.5, 0.6) is 0 Å². The van der Waals surface area contributed by atoms with Crippen LogP contribution in [-0.4, -0.2) is 22.5 Å². The molecule has 0 unspecified atom stereocenters. The third-order valence-corrected chi connectivity index (χ3v) is 3.51. The molecule has 2 rings (SSSR count). The average Bonchev–Trinajstić information content (AvgIpc) is 3.14. The van der Waals surface area contributed by atoms with E-state index in [2.05, 4.69) is 11.8 Å². The molecule has 2 N–H and O–H groups in total. The van der Waals surface area contributed by atoms with E-state index >= 15 is 0 Å². The molecular weight excluding hydrogens is 247 g/mol. The quantitative estimate of drug-likeness (QED) is 0.803. The summed E-state index contributed by atoms with van der Waals surface area (Å²) in [5, 5.41) is 0. The molecule has 0 radical (unpaired) electrons. The molecule has 1 fully saturated rings. The van der Waals surface area contributed by atoms with Crippen molar-refractivity contribution in [2.75, 3.05) is 6.54 Å². The fraction of sp³-hybridized carbons (Fsp3) is 0.500. The van der Waals surface area contributed by atoms with Crippen molar-refractivity contribution in [3.8, 4) is 0 Å². The first-order valence-electron chi connectivity index (χ1n) is 6.44. The van der Waals surface area contributed by atoms with E-state index in [-0.39, 0.29) is 5.82 Å². The second kappa shape index (κ2) is 5.76. The molecule has 1 aromatic carbocycles. The lowest BCUT2D eigenvalue weighted by molar-refractivity contribution is 0.252. The van der Waals surface area contributed by atoms with Gasteiger partial charge in [-0.05, 0) is 44.0 Å². The van der Waals surface area contributed by atoms with Gasteiger partial charge in [0.2, 0.25) is 0 Å². The Kier molecular flexibility index (Phi) is 4.30. The lowest BCUT2D eigenvalue weighted by Gasteiger charge is -2.21. The summed E-state index contributed by atoms with van der Waals surface area (Å²) in [6.07, 6.45) is 3.56. The molecule has 0 aromatic heterocycles. The van der Waals surface area contributed by atoms with Gasteiger partial charge >= 0.3 is 0 Å². The molecule has 0 amide bonds. The van der Waals surface area contributed by atoms with Crippen molar-refractivity contribution in [3.05, 3.63) is 35.1 Å². The first-order valence-corrected chi connectivity index (χ1v) is 6.85. The lowest BCUT2D eigenvalue weighted by Crippen LogP contribution is -2.27. The van der Waals surface area contributed by atoms with E-state index < -0.39 is 0 Å². The monoisotopic (exact) mass is 266 g/mol. The van der Waals surface area contributed by atoms with Crippen LogP contribution >= 0.6 is 12.2 Å². The Morgan fingerprint density at radius 3 is 2.78 bits per heavy atom. The standard InChI is InChI=1S/C14H19FN2S/c1-2-7-17(12-4-5-12)9-11-8-10(14(16)18)3-6-13(11)15/h3,6,8,12H,2,4-5,7,9H2,1H3,(H2,16,18). The summed E-state index contributed by atoms with van der Waals surface area (Å²) in [7, 11) is 0. The zero-order valence-corrected chi connectivity index (χ0v) is 11.5. The molecule has 98 valence electrons. The highest BCUT2D eigenvalue weighted by atomic mass is 32.1. The Morgan fingerprint density at radius 2 is 2.22 bits per heavy atom. The Bertz CT molecular complexity index is 443. The molecule has 1 saturated carbocycles. The molecule has 1 aliphatic carbocycles. The summed E-state index contributed by atoms with van der Waals surface area (Å²) in [4.78, 5) is 2.67. The number of hydrogen-bond donors (Lipinski definition) is 1. The number of thiocarbonyl (C=S) groups is 1. The topological polar surface area (TPSA) is 29.3 Å². The SMILES string of the molecule is CCCN(Cc1cc(C(N)=S)ccc1F)C1CC1. The molecule has 0 bridgehead atoms. The van der Waals surface area contributed by atoms with Crippen LogP contribution in [0.3, 0.4) is 0 Å². The predicted octanol–water partition coefficient (Wildman–Crippen LogP) is 2.83. The van der Waals surface area contributed by atoms with Crippen LogP contribution in [0.4, 0.5) is 4.39 Å². The van der Waals surface area contributed by atoms with Gasteiger partial charge in [-0.2, -0.15) is 0 Å². The predicted molar refractivity (Wildman–Crippen MR) is 76.0 cm³/mol. The number of benzene rings is 1. The van der Waals surface area contributed by atoms with Gasteiger partial charge in [0.25, 0.3) is 0 Å². The van der Waals surface area contributed by atoms with Crippen molar-refractivity contribution < 1.29 is 4.39 Å². The van der Waals surface area contributed by atoms with Crippen molar-refractivity contribution in [2.45, 2.75) is 38.8 Å². The summed E-state index contributed by atoms with van der Waals surface area (Å²) < 4.78 is 13.8. The van der Waals surface area contributed by atoms with Gasteiger partial charge in [0.15, 0.2) is 0 Å². The Balaban J connectivity index is 2.15. The zero-order chi connectivity index (χ0) is 13.1. The van der Waals surface area contributed by atoms with Gasteiger partial charge in [-0.3, -0.25) is 4.90 Å². The fourth-order valence-electron chi connectivity index (χ4n) is 2.19. The smallest absolute Gasteiger partial charge is 0.127 e. The number of hydrogen-bond acceptors (Lipinski definition) is 2.